The van der Waals surface area contributed by atoms with Crippen molar-refractivity contribution in [1.29, 1.82) is 0 Å². The number of rotatable bonds is 7. The Morgan fingerprint density at radius 1 is 1.26 bits per heavy atom. The van der Waals surface area contributed by atoms with Gasteiger partial charge in [-0.2, -0.15) is 4.98 Å². The Bertz CT molecular complexity index is 513. The van der Waals surface area contributed by atoms with Gasteiger partial charge in [-0.25, -0.2) is 0 Å². The average Bonchev–Trinajstić information content (AvgIpc) is 2.88. The van der Waals surface area contributed by atoms with Crippen LogP contribution in [0.3, 0.4) is 0 Å². The van der Waals surface area contributed by atoms with Crippen molar-refractivity contribution < 1.29 is 4.52 Å². The number of aromatic nitrogens is 2. The Kier molecular flexibility index (Phi) is 5.36. The minimum absolute atomic E-state index is 0.468. The topological polar surface area (TPSA) is 51.0 Å². The first kappa shape index (κ1) is 14.0. The molecule has 5 heteroatoms. The Hall–Kier alpha value is -1.39. The molecule has 2 aromatic rings. The van der Waals surface area contributed by atoms with E-state index in [1.807, 2.05) is 24.3 Å². The molecule has 1 N–H and O–H groups in total. The third-order valence-electron chi connectivity index (χ3n) is 2.81. The van der Waals surface area contributed by atoms with Crippen molar-refractivity contribution in [2.75, 3.05) is 6.54 Å². The molecular weight excluding hydrogens is 262 g/mol. The molecule has 0 aliphatic rings. The highest BCUT2D eigenvalue weighted by molar-refractivity contribution is 6.33. The second-order valence-corrected chi connectivity index (χ2v) is 4.79. The largest absolute Gasteiger partial charge is 0.334 e. The van der Waals surface area contributed by atoms with Gasteiger partial charge in [-0.05, 0) is 25.1 Å². The average molecular weight is 280 g/mol. The summed E-state index contributed by atoms with van der Waals surface area (Å²) in [5, 5.41) is 7.86. The molecule has 1 aromatic carbocycles. The van der Waals surface area contributed by atoms with E-state index in [4.69, 9.17) is 16.1 Å². The molecule has 0 spiro atoms. The number of halogens is 1. The Morgan fingerprint density at radius 2 is 2.11 bits per heavy atom. The van der Waals surface area contributed by atoms with E-state index in [1.54, 1.807) is 0 Å². The molecule has 0 aliphatic heterocycles. The van der Waals surface area contributed by atoms with Gasteiger partial charge in [0, 0.05) is 0 Å². The van der Waals surface area contributed by atoms with Gasteiger partial charge in [-0.15, -0.1) is 0 Å². The maximum atomic E-state index is 6.09. The first-order chi connectivity index (χ1) is 9.31. The summed E-state index contributed by atoms with van der Waals surface area (Å²) in [4.78, 5) is 4.33. The van der Waals surface area contributed by atoms with Gasteiger partial charge in [-0.1, -0.05) is 48.7 Å². The van der Waals surface area contributed by atoms with Crippen LogP contribution >= 0.6 is 11.6 Å². The van der Waals surface area contributed by atoms with Crippen molar-refractivity contribution in [3.05, 3.63) is 35.1 Å². The van der Waals surface area contributed by atoms with Crippen LogP contribution in [0.15, 0.2) is 28.8 Å². The Morgan fingerprint density at radius 3 is 2.89 bits per heavy atom. The van der Waals surface area contributed by atoms with Gasteiger partial charge in [0.15, 0.2) is 5.82 Å². The van der Waals surface area contributed by atoms with Crippen molar-refractivity contribution in [2.24, 2.45) is 0 Å². The number of nitrogens with one attached hydrogen (secondary N) is 1. The molecule has 0 unspecified atom stereocenters. The van der Waals surface area contributed by atoms with E-state index in [0.717, 1.165) is 12.1 Å². The lowest BCUT2D eigenvalue weighted by atomic mass is 10.2. The third-order valence-corrected chi connectivity index (χ3v) is 3.14. The van der Waals surface area contributed by atoms with Gasteiger partial charge < -0.3 is 9.84 Å². The van der Waals surface area contributed by atoms with Crippen LogP contribution < -0.4 is 5.32 Å². The lowest BCUT2D eigenvalue weighted by Gasteiger charge is -1.99. The molecule has 0 aliphatic carbocycles. The second-order valence-electron chi connectivity index (χ2n) is 4.38. The second kappa shape index (κ2) is 7.26. The zero-order chi connectivity index (χ0) is 13.5. The van der Waals surface area contributed by atoms with Gasteiger partial charge in [0.25, 0.3) is 5.89 Å². The summed E-state index contributed by atoms with van der Waals surface area (Å²) in [6, 6.07) is 7.45. The zero-order valence-electron chi connectivity index (χ0n) is 11.0. The number of unbranched alkanes of at least 4 members (excludes halogenated alkanes) is 2. The van der Waals surface area contributed by atoms with Crippen LogP contribution in [0.25, 0.3) is 11.5 Å². The number of benzene rings is 1. The van der Waals surface area contributed by atoms with Crippen molar-refractivity contribution in [1.82, 2.24) is 15.5 Å². The lowest BCUT2D eigenvalue weighted by Crippen LogP contribution is -2.15. The molecule has 102 valence electrons. The standard InChI is InChI=1S/C14H18ClN3O/c1-2-3-6-9-16-10-13-17-14(19-18-13)11-7-4-5-8-12(11)15/h4-5,7-8,16H,2-3,6,9-10H2,1H3. The maximum Gasteiger partial charge on any atom is 0.259 e. The van der Waals surface area contributed by atoms with E-state index in [9.17, 15) is 0 Å². The Balaban J connectivity index is 1.91. The number of hydrogen-bond acceptors (Lipinski definition) is 4. The molecule has 0 fully saturated rings. The van der Waals surface area contributed by atoms with Crippen molar-refractivity contribution in [3.8, 4) is 11.5 Å². The summed E-state index contributed by atoms with van der Waals surface area (Å²) in [6.07, 6.45) is 3.64. The monoisotopic (exact) mass is 279 g/mol. The van der Waals surface area contributed by atoms with Crippen molar-refractivity contribution in [2.45, 2.75) is 32.7 Å². The molecule has 0 atom stereocenters. The summed E-state index contributed by atoms with van der Waals surface area (Å²) < 4.78 is 5.22. The molecule has 2 rings (SSSR count). The van der Waals surface area contributed by atoms with E-state index in [2.05, 4.69) is 22.4 Å². The maximum absolute atomic E-state index is 6.09. The first-order valence-electron chi connectivity index (χ1n) is 6.59. The van der Waals surface area contributed by atoms with Gasteiger partial charge in [0.2, 0.25) is 0 Å². The normalized spacial score (nSPS) is 10.8. The highest BCUT2D eigenvalue weighted by Crippen LogP contribution is 2.25. The molecule has 0 amide bonds. The molecule has 19 heavy (non-hydrogen) atoms. The van der Waals surface area contributed by atoms with Gasteiger partial charge in [0.1, 0.15) is 0 Å². The van der Waals surface area contributed by atoms with Crippen LogP contribution in [-0.4, -0.2) is 16.7 Å². The summed E-state index contributed by atoms with van der Waals surface area (Å²) in [5.74, 6) is 1.13. The summed E-state index contributed by atoms with van der Waals surface area (Å²) >= 11 is 6.09. The van der Waals surface area contributed by atoms with Crippen LogP contribution in [0.1, 0.15) is 32.0 Å². The highest BCUT2D eigenvalue weighted by Gasteiger charge is 2.11. The molecule has 1 heterocycles. The fraction of sp³-hybridized carbons (Fsp3) is 0.429. The molecule has 0 bridgehead atoms. The van der Waals surface area contributed by atoms with E-state index < -0.39 is 0 Å². The molecule has 1 aromatic heterocycles. The summed E-state index contributed by atoms with van der Waals surface area (Å²) in [6.45, 7) is 3.79. The number of nitrogens with zero attached hydrogens (tertiary/aromatic N) is 2. The van der Waals surface area contributed by atoms with Crippen molar-refractivity contribution in [3.63, 3.8) is 0 Å². The predicted molar refractivity (Wildman–Crippen MR) is 76.0 cm³/mol. The van der Waals surface area contributed by atoms with Gasteiger partial charge in [0.05, 0.1) is 17.1 Å². The fourth-order valence-electron chi connectivity index (χ4n) is 1.77. The van der Waals surface area contributed by atoms with Gasteiger partial charge >= 0.3 is 0 Å². The summed E-state index contributed by atoms with van der Waals surface area (Å²) in [5.41, 5.74) is 0.772. The quantitative estimate of drug-likeness (QED) is 0.786. The Labute approximate surface area is 118 Å². The third kappa shape index (κ3) is 4.04. The molecule has 0 saturated heterocycles. The van der Waals surface area contributed by atoms with Crippen LogP contribution in [0, 0.1) is 0 Å². The molecule has 4 nitrogen and oxygen atoms in total. The first-order valence-corrected chi connectivity index (χ1v) is 6.97. The minimum atomic E-state index is 0.468. The number of hydrogen-bond donors (Lipinski definition) is 1. The SMILES string of the molecule is CCCCCNCc1noc(-c2ccccc2Cl)n1. The van der Waals surface area contributed by atoms with Crippen LogP contribution in [0.2, 0.25) is 5.02 Å². The van der Waals surface area contributed by atoms with E-state index >= 15 is 0 Å². The predicted octanol–water partition coefficient (Wildman–Crippen LogP) is 3.67. The van der Waals surface area contributed by atoms with E-state index in [-0.39, 0.29) is 0 Å². The highest BCUT2D eigenvalue weighted by atomic mass is 35.5. The zero-order valence-corrected chi connectivity index (χ0v) is 11.8. The smallest absolute Gasteiger partial charge is 0.259 e. The van der Waals surface area contributed by atoms with E-state index in [1.165, 1.54) is 19.3 Å². The van der Waals surface area contributed by atoms with Crippen molar-refractivity contribution >= 4 is 11.6 Å². The molecular formula is C14H18ClN3O. The lowest BCUT2D eigenvalue weighted by molar-refractivity contribution is 0.419. The fourth-order valence-corrected chi connectivity index (χ4v) is 1.99. The molecule has 0 saturated carbocycles. The van der Waals surface area contributed by atoms with E-state index in [0.29, 0.717) is 23.3 Å². The summed E-state index contributed by atoms with van der Waals surface area (Å²) in [7, 11) is 0. The molecule has 0 radical (unpaired) electrons. The van der Waals surface area contributed by atoms with Crippen LogP contribution in [0.5, 0.6) is 0 Å². The van der Waals surface area contributed by atoms with Crippen LogP contribution in [0.4, 0.5) is 0 Å². The van der Waals surface area contributed by atoms with Gasteiger partial charge in [-0.3, -0.25) is 0 Å². The minimum Gasteiger partial charge on any atom is -0.334 e. The van der Waals surface area contributed by atoms with Crippen LogP contribution in [-0.2, 0) is 6.54 Å².